The van der Waals surface area contributed by atoms with Gasteiger partial charge in [-0.3, -0.25) is 9.59 Å². The van der Waals surface area contributed by atoms with E-state index < -0.39 is 28.6 Å². The minimum absolute atomic E-state index is 0.0149. The van der Waals surface area contributed by atoms with E-state index in [1.165, 1.54) is 14.2 Å². The Balaban J connectivity index is 0.000000350. The van der Waals surface area contributed by atoms with E-state index >= 15 is 0 Å². The number of benzene rings is 2. The summed E-state index contributed by atoms with van der Waals surface area (Å²) in [5.41, 5.74) is 7.59. The molecule has 2 aromatic carbocycles. The largest absolute Gasteiger partial charge is 0.541 e. The molecule has 0 aliphatic carbocycles. The van der Waals surface area contributed by atoms with Crippen molar-refractivity contribution in [2.75, 3.05) is 14.2 Å². The zero-order valence-electron chi connectivity index (χ0n) is 42.8. The Kier molecular flexibility index (Phi) is 20.6. The first-order valence-electron chi connectivity index (χ1n) is 23.4. The molecule has 2 heterocycles. The van der Waals surface area contributed by atoms with Gasteiger partial charge < -0.3 is 27.5 Å². The number of hydrogen-bond donors (Lipinski definition) is 0. The first-order chi connectivity index (χ1) is 30.8. The van der Waals surface area contributed by atoms with E-state index in [1.807, 2.05) is 71.5 Å². The highest BCUT2D eigenvalue weighted by Crippen LogP contribution is 2.49. The van der Waals surface area contributed by atoms with Gasteiger partial charge in [-0.15, -0.1) is 0 Å². The van der Waals surface area contributed by atoms with Crippen LogP contribution in [0.5, 0.6) is 11.5 Å². The molecule has 66 heavy (non-hydrogen) atoms. The van der Waals surface area contributed by atoms with Gasteiger partial charge in [0.05, 0.1) is 50.1 Å². The number of Topliss-reactive ketones (excluding diaryl/α,β-unsaturated/α-hetero) is 2. The van der Waals surface area contributed by atoms with Crippen molar-refractivity contribution in [3.05, 3.63) is 80.0 Å². The third-order valence-electron chi connectivity index (χ3n) is 13.1. The van der Waals surface area contributed by atoms with E-state index in [2.05, 4.69) is 115 Å². The average Bonchev–Trinajstić information content (AvgIpc) is 3.70. The van der Waals surface area contributed by atoms with Gasteiger partial charge in [-0.2, -0.15) is 0 Å². The van der Waals surface area contributed by atoms with Gasteiger partial charge in [0, 0.05) is 8.95 Å². The molecule has 0 fully saturated rings. The monoisotopic (exact) mass is 1070 g/mol. The molecule has 0 saturated carbocycles. The van der Waals surface area contributed by atoms with E-state index in [4.69, 9.17) is 18.3 Å². The highest BCUT2D eigenvalue weighted by molar-refractivity contribution is 9.10. The van der Waals surface area contributed by atoms with Gasteiger partial charge in [0.2, 0.25) is 0 Å². The van der Waals surface area contributed by atoms with Crippen molar-refractivity contribution in [1.82, 2.24) is 9.13 Å². The van der Waals surface area contributed by atoms with Crippen LogP contribution in [0.25, 0.3) is 22.5 Å². The van der Waals surface area contributed by atoms with Crippen molar-refractivity contribution in [2.24, 2.45) is 0 Å². The van der Waals surface area contributed by atoms with Crippen LogP contribution < -0.4 is 8.85 Å². The first-order valence-corrected chi connectivity index (χ1v) is 29.3. The SMILES string of the molecule is CCc1c(O[Si](C(C)C)(C(C)C)C(C)C)c(C(=O)OC)c(-c2ccc(Br)cc2)n1CC(C)=O.CCc1c(O[Si](C(C)C)(C(C)C)C(C)C)c(C(=O)OC)c(-c2ccc(Br)cc2)n1CC(C)=O. The third kappa shape index (κ3) is 11.7. The fourth-order valence-corrected chi connectivity index (χ4v) is 21.6. The van der Waals surface area contributed by atoms with Crippen molar-refractivity contribution < 1.29 is 37.5 Å². The summed E-state index contributed by atoms with van der Waals surface area (Å²) in [6, 6.07) is 15.5. The molecule has 2 aromatic heterocycles. The van der Waals surface area contributed by atoms with Crippen LogP contribution in [-0.4, -0.2) is 63.5 Å². The van der Waals surface area contributed by atoms with Crippen molar-refractivity contribution in [3.8, 4) is 34.0 Å². The summed E-state index contributed by atoms with van der Waals surface area (Å²) in [7, 11) is -1.97. The highest BCUT2D eigenvalue weighted by atomic mass is 79.9. The normalized spacial score (nSPS) is 12.0. The topological polar surface area (TPSA) is 115 Å². The zero-order chi connectivity index (χ0) is 50.2. The van der Waals surface area contributed by atoms with Gasteiger partial charge in [-0.1, -0.05) is 153 Å². The predicted octanol–water partition coefficient (Wildman–Crippen LogP) is 14.8. The van der Waals surface area contributed by atoms with Crippen LogP contribution in [0, 0.1) is 0 Å². The number of hydrogen-bond acceptors (Lipinski definition) is 8. The number of rotatable bonds is 20. The third-order valence-corrected chi connectivity index (χ3v) is 26.1. The number of esters is 2. The highest BCUT2D eigenvalue weighted by Gasteiger charge is 2.50. The Hall–Kier alpha value is -3.73. The summed E-state index contributed by atoms with van der Waals surface area (Å²) >= 11 is 6.97. The Morgan fingerprint density at radius 3 is 0.955 bits per heavy atom. The molecule has 0 radical (unpaired) electrons. The number of ether oxygens (including phenoxy) is 2. The summed E-state index contributed by atoms with van der Waals surface area (Å²) in [6.07, 6.45) is 1.25. The van der Waals surface area contributed by atoms with Crippen LogP contribution >= 0.6 is 31.9 Å². The maximum absolute atomic E-state index is 13.3. The van der Waals surface area contributed by atoms with Crippen LogP contribution in [-0.2, 0) is 45.0 Å². The van der Waals surface area contributed by atoms with Crippen molar-refractivity contribution in [3.63, 3.8) is 0 Å². The predicted molar refractivity (Wildman–Crippen MR) is 281 cm³/mol. The molecule has 10 nitrogen and oxygen atoms in total. The zero-order valence-corrected chi connectivity index (χ0v) is 48.0. The second-order valence-corrected chi connectivity index (χ2v) is 31.7. The molecule has 0 unspecified atom stereocenters. The molecule has 4 aromatic rings. The van der Waals surface area contributed by atoms with Gasteiger partial charge in [0.25, 0.3) is 16.6 Å². The Labute approximate surface area is 414 Å². The summed E-state index contributed by atoms with van der Waals surface area (Å²) < 4.78 is 30.5. The van der Waals surface area contributed by atoms with E-state index in [9.17, 15) is 19.2 Å². The minimum atomic E-state index is -2.38. The maximum atomic E-state index is 13.3. The molecule has 0 aliphatic heterocycles. The van der Waals surface area contributed by atoms with Crippen molar-refractivity contribution in [1.29, 1.82) is 0 Å². The van der Waals surface area contributed by atoms with Crippen LogP contribution in [0.15, 0.2) is 57.5 Å². The van der Waals surface area contributed by atoms with Gasteiger partial charge in [-0.05, 0) is 95.3 Å². The minimum Gasteiger partial charge on any atom is -0.541 e. The molecule has 0 saturated heterocycles. The standard InChI is InChI=1S/2C26H38BrNO4Si/c2*1-10-22-25(32-33(16(2)3,17(4)5)18(6)7)23(26(30)31-9)24(28(22)15-19(8)29)20-11-13-21(27)14-12-20/h2*11-14,16-18H,10,15H2,1-9H3. The molecular weight excluding hydrogens is 997 g/mol. The average molecular weight is 1070 g/mol. The van der Waals surface area contributed by atoms with Crippen LogP contribution in [0.2, 0.25) is 33.2 Å². The lowest BCUT2D eigenvalue weighted by atomic mass is 10.1. The van der Waals surface area contributed by atoms with Gasteiger partial charge in [0.15, 0.2) is 0 Å². The quantitative estimate of drug-likeness (QED) is 0.0635. The fourth-order valence-electron chi connectivity index (χ4n) is 10.5. The molecule has 0 amide bonds. The summed E-state index contributed by atoms with van der Waals surface area (Å²) in [4.78, 5) is 51.2. The van der Waals surface area contributed by atoms with Crippen molar-refractivity contribution >= 4 is 72.0 Å². The molecule has 0 N–H and O–H groups in total. The van der Waals surface area contributed by atoms with E-state index in [0.29, 0.717) is 80.1 Å². The van der Waals surface area contributed by atoms with E-state index in [0.717, 1.165) is 31.5 Å². The molecule has 364 valence electrons. The van der Waals surface area contributed by atoms with Crippen LogP contribution in [0.4, 0.5) is 0 Å². The smallest absolute Gasteiger partial charge is 0.343 e. The van der Waals surface area contributed by atoms with Crippen LogP contribution in [0.1, 0.15) is 143 Å². The second kappa shape index (κ2) is 24.0. The maximum Gasteiger partial charge on any atom is 0.343 e. The molecule has 4 rings (SSSR count). The first kappa shape index (κ1) is 56.6. The lowest BCUT2D eigenvalue weighted by Crippen LogP contribution is -2.51. The lowest BCUT2D eigenvalue weighted by Gasteiger charge is -2.42. The summed E-state index contributed by atoms with van der Waals surface area (Å²) in [5.74, 6) is 0.318. The van der Waals surface area contributed by atoms with E-state index in [1.54, 1.807) is 13.8 Å². The number of carbonyl (C=O) groups excluding carboxylic acids is 4. The number of methoxy groups -OCH3 is 2. The molecule has 0 spiro atoms. The summed E-state index contributed by atoms with van der Waals surface area (Å²) in [6.45, 7) is 34.2. The Morgan fingerprint density at radius 2 is 0.758 bits per heavy atom. The van der Waals surface area contributed by atoms with Crippen LogP contribution in [0.3, 0.4) is 0 Å². The lowest BCUT2D eigenvalue weighted by molar-refractivity contribution is -0.118. The van der Waals surface area contributed by atoms with Gasteiger partial charge >= 0.3 is 11.9 Å². The van der Waals surface area contributed by atoms with Gasteiger partial charge in [0.1, 0.15) is 34.2 Å². The number of ketones is 2. The number of nitrogens with zero attached hydrogens (tertiary/aromatic N) is 2. The number of halogens is 2. The van der Waals surface area contributed by atoms with E-state index in [-0.39, 0.29) is 24.7 Å². The molecule has 0 atom stereocenters. The van der Waals surface area contributed by atoms with Crippen molar-refractivity contribution in [2.45, 2.75) is 170 Å². The molecular formula is C52H76Br2N2O8Si2. The Bertz CT molecular complexity index is 2100. The Morgan fingerprint density at radius 1 is 0.500 bits per heavy atom. The van der Waals surface area contributed by atoms with Gasteiger partial charge in [-0.25, -0.2) is 9.59 Å². The molecule has 0 bridgehead atoms. The fraction of sp³-hybridized carbons (Fsp3) is 0.538. The molecule has 14 heteroatoms. The molecule has 0 aliphatic rings. The number of aromatic nitrogens is 2. The summed E-state index contributed by atoms with van der Waals surface area (Å²) in [5, 5.41) is 0. The number of carbonyl (C=O) groups is 4. The second-order valence-electron chi connectivity index (χ2n) is 19.1.